The van der Waals surface area contributed by atoms with E-state index in [0.717, 1.165) is 6.07 Å². The molecule has 140 valence electrons. The molecule has 1 atom stereocenters. The summed E-state index contributed by atoms with van der Waals surface area (Å²) in [4.78, 5) is 17.2. The Hall–Kier alpha value is -1.99. The Morgan fingerprint density at radius 1 is 1.28 bits per heavy atom. The number of carbonyl (C=O) groups is 1. The summed E-state index contributed by atoms with van der Waals surface area (Å²) in [5.41, 5.74) is -1.36. The highest BCUT2D eigenvalue weighted by molar-refractivity contribution is 5.68. The molecule has 5 nitrogen and oxygen atoms in total. The zero-order valence-corrected chi connectivity index (χ0v) is 14.8. The van der Waals surface area contributed by atoms with Crippen molar-refractivity contribution in [3.05, 3.63) is 23.5 Å². The second-order valence-electron chi connectivity index (χ2n) is 7.14. The number of piperidine rings is 1. The van der Waals surface area contributed by atoms with Crippen LogP contribution >= 0.6 is 0 Å². The summed E-state index contributed by atoms with van der Waals surface area (Å²) in [6, 6.07) is 2.35. The molecule has 0 N–H and O–H groups in total. The van der Waals surface area contributed by atoms with Crippen LogP contribution in [0, 0.1) is 6.92 Å². The van der Waals surface area contributed by atoms with E-state index in [2.05, 4.69) is 4.98 Å². The van der Waals surface area contributed by atoms with Gasteiger partial charge in [0.1, 0.15) is 23.1 Å². The van der Waals surface area contributed by atoms with Crippen molar-refractivity contribution in [2.24, 2.45) is 0 Å². The number of halogens is 3. The predicted molar refractivity (Wildman–Crippen MR) is 85.4 cm³/mol. The van der Waals surface area contributed by atoms with E-state index in [0.29, 0.717) is 19.4 Å². The summed E-state index contributed by atoms with van der Waals surface area (Å²) < 4.78 is 49.6. The van der Waals surface area contributed by atoms with Gasteiger partial charge in [-0.25, -0.2) is 9.78 Å². The third-order valence-corrected chi connectivity index (χ3v) is 3.55. The molecule has 0 saturated carbocycles. The number of hydrogen-bond donors (Lipinski definition) is 0. The molecule has 1 saturated heterocycles. The first kappa shape index (κ1) is 19.3. The molecule has 0 spiro atoms. The number of aromatic nitrogens is 1. The predicted octanol–water partition coefficient (Wildman–Crippen LogP) is 4.19. The molecule has 1 fully saturated rings. The Morgan fingerprint density at radius 3 is 2.56 bits per heavy atom. The van der Waals surface area contributed by atoms with Gasteiger partial charge in [-0.3, -0.25) is 0 Å². The third-order valence-electron chi connectivity index (χ3n) is 3.55. The lowest BCUT2D eigenvalue weighted by Gasteiger charge is -2.34. The first-order valence-electron chi connectivity index (χ1n) is 8.14. The third kappa shape index (κ3) is 5.79. The van der Waals surface area contributed by atoms with Gasteiger partial charge in [0.2, 0.25) is 0 Å². The van der Waals surface area contributed by atoms with Crippen molar-refractivity contribution in [3.8, 4) is 5.75 Å². The van der Waals surface area contributed by atoms with Crippen LogP contribution in [0.15, 0.2) is 12.1 Å². The molecule has 1 unspecified atom stereocenters. The van der Waals surface area contributed by atoms with E-state index in [1.54, 1.807) is 20.8 Å². The number of carbonyl (C=O) groups excluding carboxylic acids is 1. The van der Waals surface area contributed by atoms with Crippen LogP contribution in [0.5, 0.6) is 5.75 Å². The Bertz CT molecular complexity index is 627. The summed E-state index contributed by atoms with van der Waals surface area (Å²) in [5.74, 6) is 0.107. The van der Waals surface area contributed by atoms with Crippen LogP contribution in [0.25, 0.3) is 0 Å². The molecule has 1 aromatic heterocycles. The van der Waals surface area contributed by atoms with Crippen LogP contribution in [0.1, 0.15) is 45.0 Å². The van der Waals surface area contributed by atoms with Gasteiger partial charge in [0.15, 0.2) is 0 Å². The lowest BCUT2D eigenvalue weighted by Crippen LogP contribution is -2.46. The van der Waals surface area contributed by atoms with E-state index in [1.165, 1.54) is 17.9 Å². The number of likely N-dealkylation sites (tertiary alicyclic amines) is 1. The van der Waals surface area contributed by atoms with Crippen LogP contribution in [-0.4, -0.2) is 40.8 Å². The number of nitrogens with zero attached hydrogens (tertiary/aromatic N) is 2. The summed E-state index contributed by atoms with van der Waals surface area (Å²) in [6.45, 7) is 7.63. The summed E-state index contributed by atoms with van der Waals surface area (Å²) in [5, 5.41) is 0. The lowest BCUT2D eigenvalue weighted by molar-refractivity contribution is -0.141. The number of amides is 1. The fraction of sp³-hybridized carbons (Fsp3) is 0.647. The van der Waals surface area contributed by atoms with Gasteiger partial charge in [0.25, 0.3) is 0 Å². The Morgan fingerprint density at radius 2 is 1.96 bits per heavy atom. The topological polar surface area (TPSA) is 51.7 Å². The second-order valence-corrected chi connectivity index (χ2v) is 7.14. The molecule has 0 aliphatic carbocycles. The smallest absolute Gasteiger partial charge is 0.433 e. The highest BCUT2D eigenvalue weighted by Gasteiger charge is 2.34. The van der Waals surface area contributed by atoms with Crippen molar-refractivity contribution in [3.63, 3.8) is 0 Å². The van der Waals surface area contributed by atoms with Gasteiger partial charge in [-0.05, 0) is 40.5 Å². The highest BCUT2D eigenvalue weighted by atomic mass is 19.4. The number of rotatable bonds is 2. The van der Waals surface area contributed by atoms with E-state index < -0.39 is 23.6 Å². The maximum Gasteiger partial charge on any atom is 0.433 e. The molecular weight excluding hydrogens is 337 g/mol. The molecule has 0 radical (unpaired) electrons. The minimum Gasteiger partial charge on any atom is -0.488 e. The van der Waals surface area contributed by atoms with Crippen molar-refractivity contribution in [2.45, 2.75) is 58.4 Å². The number of ether oxygens (including phenoxy) is 2. The number of alkyl halides is 3. The van der Waals surface area contributed by atoms with Gasteiger partial charge in [-0.15, -0.1) is 0 Å². The first-order valence-corrected chi connectivity index (χ1v) is 8.14. The quantitative estimate of drug-likeness (QED) is 0.794. The first-order chi connectivity index (χ1) is 11.4. The van der Waals surface area contributed by atoms with E-state index in [4.69, 9.17) is 9.47 Å². The zero-order valence-electron chi connectivity index (χ0n) is 14.8. The van der Waals surface area contributed by atoms with Crippen molar-refractivity contribution in [1.82, 2.24) is 9.88 Å². The SMILES string of the molecule is Cc1cc(OC2CCCN(C(=O)OC(C)(C)C)C2)cc(C(F)(F)F)n1. The molecule has 1 aliphatic heterocycles. The molecule has 0 aromatic carbocycles. The van der Waals surface area contributed by atoms with E-state index in [1.807, 2.05) is 0 Å². The number of aryl methyl sites for hydroxylation is 1. The lowest BCUT2D eigenvalue weighted by atomic mass is 10.1. The van der Waals surface area contributed by atoms with Gasteiger partial charge < -0.3 is 14.4 Å². The summed E-state index contributed by atoms with van der Waals surface area (Å²) in [6.07, 6.45) is -4.01. The van der Waals surface area contributed by atoms with E-state index in [9.17, 15) is 18.0 Å². The molecule has 0 bridgehead atoms. The van der Waals surface area contributed by atoms with Gasteiger partial charge >= 0.3 is 12.3 Å². The van der Waals surface area contributed by atoms with Gasteiger partial charge in [-0.1, -0.05) is 0 Å². The van der Waals surface area contributed by atoms with E-state index >= 15 is 0 Å². The average Bonchev–Trinajstić information content (AvgIpc) is 2.44. The standard InChI is InChI=1S/C17H23F3N2O3/c1-11-8-13(9-14(21-11)17(18,19)20)24-12-6-5-7-22(10-12)15(23)25-16(2,3)4/h8-9,12H,5-7,10H2,1-4H3. The molecule has 25 heavy (non-hydrogen) atoms. The average molecular weight is 360 g/mol. The van der Waals surface area contributed by atoms with Crippen LogP contribution in [0.2, 0.25) is 0 Å². The summed E-state index contributed by atoms with van der Waals surface area (Å²) >= 11 is 0. The molecular formula is C17H23F3N2O3. The minimum absolute atomic E-state index is 0.107. The minimum atomic E-state index is -4.53. The molecule has 1 aromatic rings. The normalized spacial score (nSPS) is 18.8. The molecule has 8 heteroatoms. The largest absolute Gasteiger partial charge is 0.488 e. The Balaban J connectivity index is 2.05. The molecule has 2 heterocycles. The number of pyridine rings is 1. The Kier molecular flexibility index (Phi) is 5.49. The molecule has 2 rings (SSSR count). The molecule has 1 amide bonds. The maximum atomic E-state index is 12.9. The maximum absolute atomic E-state index is 12.9. The van der Waals surface area contributed by atoms with Gasteiger partial charge in [0, 0.05) is 24.4 Å². The van der Waals surface area contributed by atoms with Gasteiger partial charge in [0.05, 0.1) is 6.54 Å². The summed E-state index contributed by atoms with van der Waals surface area (Å²) in [7, 11) is 0. The fourth-order valence-corrected chi connectivity index (χ4v) is 2.57. The van der Waals surface area contributed by atoms with Crippen LogP contribution in [0.4, 0.5) is 18.0 Å². The van der Waals surface area contributed by atoms with Crippen molar-refractivity contribution in [2.75, 3.05) is 13.1 Å². The van der Waals surface area contributed by atoms with Gasteiger partial charge in [-0.2, -0.15) is 13.2 Å². The van der Waals surface area contributed by atoms with E-state index in [-0.39, 0.29) is 24.1 Å². The van der Waals surface area contributed by atoms with Crippen LogP contribution in [0.3, 0.4) is 0 Å². The Labute approximate surface area is 145 Å². The van der Waals surface area contributed by atoms with Crippen molar-refractivity contribution < 1.29 is 27.4 Å². The molecule has 1 aliphatic rings. The van der Waals surface area contributed by atoms with Crippen LogP contribution < -0.4 is 4.74 Å². The monoisotopic (exact) mass is 360 g/mol. The van der Waals surface area contributed by atoms with Crippen molar-refractivity contribution in [1.29, 1.82) is 0 Å². The second kappa shape index (κ2) is 7.09. The van der Waals surface area contributed by atoms with Crippen molar-refractivity contribution >= 4 is 6.09 Å². The zero-order chi connectivity index (χ0) is 18.8. The fourth-order valence-electron chi connectivity index (χ4n) is 2.57. The number of hydrogen-bond acceptors (Lipinski definition) is 4. The van der Waals surface area contributed by atoms with Crippen LogP contribution in [-0.2, 0) is 10.9 Å². The highest BCUT2D eigenvalue weighted by Crippen LogP contribution is 2.31.